The lowest BCUT2D eigenvalue weighted by atomic mass is 10.3. The van der Waals surface area contributed by atoms with Gasteiger partial charge in [-0.25, -0.2) is 0 Å². The highest BCUT2D eigenvalue weighted by atomic mass is 15.1. The Morgan fingerprint density at radius 2 is 2.33 bits per heavy atom. The fourth-order valence-electron chi connectivity index (χ4n) is 1.07. The summed E-state index contributed by atoms with van der Waals surface area (Å²) in [6.07, 6.45) is 3.23. The van der Waals surface area contributed by atoms with Gasteiger partial charge in [0.1, 0.15) is 0 Å². The second-order valence-corrected chi connectivity index (χ2v) is 2.27. The zero-order valence-corrected chi connectivity index (χ0v) is 5.46. The van der Waals surface area contributed by atoms with E-state index in [-0.39, 0.29) is 0 Å². The molecule has 0 saturated carbocycles. The van der Waals surface area contributed by atoms with E-state index >= 15 is 0 Å². The molecule has 1 aliphatic carbocycles. The Balaban J connectivity index is 2.77. The third-order valence-electron chi connectivity index (χ3n) is 1.62. The summed E-state index contributed by atoms with van der Waals surface area (Å²) in [7, 11) is 0. The maximum Gasteiger partial charge on any atom is 0.0140 e. The van der Waals surface area contributed by atoms with Gasteiger partial charge in [-0.15, -0.1) is 0 Å². The Hall–Kier alpha value is -0.950. The summed E-state index contributed by atoms with van der Waals surface area (Å²) >= 11 is 0. The predicted molar refractivity (Wildman–Crippen MR) is 35.7 cm³/mol. The molecule has 0 aliphatic heterocycles. The van der Waals surface area contributed by atoms with E-state index in [1.165, 1.54) is 5.57 Å². The average Bonchev–Trinajstić information content (AvgIpc) is 2.18. The molecule has 0 aromatic rings. The third kappa shape index (κ3) is 1.24. The standard InChI is InChI=1S/C6H9N3/c1-5-3-2-4-6(5)8-9-7/h2-4H2,1H3. The van der Waals surface area contributed by atoms with Gasteiger partial charge in [0.15, 0.2) is 0 Å². The molecule has 0 fully saturated rings. The minimum atomic E-state index is 0.956. The van der Waals surface area contributed by atoms with Crippen LogP contribution >= 0.6 is 0 Å². The predicted octanol–water partition coefficient (Wildman–Crippen LogP) is 2.75. The summed E-state index contributed by atoms with van der Waals surface area (Å²) in [5.74, 6) is 0. The topological polar surface area (TPSA) is 48.8 Å². The SMILES string of the molecule is CC1=C(N=[N+]=[N-])CCC1. The van der Waals surface area contributed by atoms with Crippen molar-refractivity contribution in [1.29, 1.82) is 0 Å². The van der Waals surface area contributed by atoms with Crippen LogP contribution in [0.3, 0.4) is 0 Å². The van der Waals surface area contributed by atoms with E-state index in [0.29, 0.717) is 0 Å². The first-order chi connectivity index (χ1) is 4.34. The molecule has 0 bridgehead atoms. The van der Waals surface area contributed by atoms with Crippen LogP contribution in [0.1, 0.15) is 26.2 Å². The summed E-state index contributed by atoms with van der Waals surface area (Å²) in [5, 5.41) is 3.56. The Labute approximate surface area is 54.0 Å². The molecule has 3 heteroatoms. The first-order valence-electron chi connectivity index (χ1n) is 3.08. The van der Waals surface area contributed by atoms with Crippen molar-refractivity contribution >= 4 is 0 Å². The summed E-state index contributed by atoms with van der Waals surface area (Å²) < 4.78 is 0. The highest BCUT2D eigenvalue weighted by molar-refractivity contribution is 5.15. The van der Waals surface area contributed by atoms with Gasteiger partial charge in [-0.3, -0.25) is 0 Å². The van der Waals surface area contributed by atoms with E-state index in [1.807, 2.05) is 6.92 Å². The van der Waals surface area contributed by atoms with Crippen LogP contribution in [-0.2, 0) is 0 Å². The molecule has 48 valence electrons. The van der Waals surface area contributed by atoms with Gasteiger partial charge in [-0.1, -0.05) is 10.7 Å². The molecular formula is C6H9N3. The monoisotopic (exact) mass is 123 g/mol. The molecule has 0 saturated heterocycles. The van der Waals surface area contributed by atoms with Crippen LogP contribution in [0.15, 0.2) is 16.4 Å². The second-order valence-electron chi connectivity index (χ2n) is 2.27. The number of hydrogen-bond acceptors (Lipinski definition) is 1. The quantitative estimate of drug-likeness (QED) is 0.292. The zero-order valence-electron chi connectivity index (χ0n) is 5.46. The zero-order chi connectivity index (χ0) is 6.69. The molecule has 0 heterocycles. The van der Waals surface area contributed by atoms with Crippen molar-refractivity contribution in [3.63, 3.8) is 0 Å². The van der Waals surface area contributed by atoms with Crippen molar-refractivity contribution in [3.8, 4) is 0 Å². The maximum atomic E-state index is 8.07. The molecule has 0 unspecified atom stereocenters. The van der Waals surface area contributed by atoms with Crippen molar-refractivity contribution in [2.45, 2.75) is 26.2 Å². The molecule has 0 amide bonds. The van der Waals surface area contributed by atoms with Gasteiger partial charge in [0.2, 0.25) is 0 Å². The minimum absolute atomic E-state index is 0.956. The Morgan fingerprint density at radius 1 is 1.56 bits per heavy atom. The number of nitrogens with zero attached hydrogens (tertiary/aromatic N) is 3. The van der Waals surface area contributed by atoms with Crippen LogP contribution < -0.4 is 0 Å². The van der Waals surface area contributed by atoms with Gasteiger partial charge in [-0.05, 0) is 31.7 Å². The van der Waals surface area contributed by atoms with Gasteiger partial charge in [0, 0.05) is 10.6 Å². The smallest absolute Gasteiger partial charge is 0.0140 e. The van der Waals surface area contributed by atoms with Gasteiger partial charge in [-0.2, -0.15) is 0 Å². The lowest BCUT2D eigenvalue weighted by Crippen LogP contribution is -1.69. The molecule has 9 heavy (non-hydrogen) atoms. The van der Waals surface area contributed by atoms with E-state index in [0.717, 1.165) is 25.0 Å². The average molecular weight is 123 g/mol. The Kier molecular flexibility index (Phi) is 1.75. The molecule has 1 rings (SSSR count). The lowest BCUT2D eigenvalue weighted by Gasteiger charge is -1.88. The van der Waals surface area contributed by atoms with E-state index < -0.39 is 0 Å². The first-order valence-corrected chi connectivity index (χ1v) is 3.08. The van der Waals surface area contributed by atoms with Crippen molar-refractivity contribution in [2.75, 3.05) is 0 Å². The molecule has 0 aromatic heterocycles. The molecule has 0 atom stereocenters. The number of allylic oxidation sites excluding steroid dienone is 2. The van der Waals surface area contributed by atoms with Crippen molar-refractivity contribution < 1.29 is 0 Å². The largest absolute Gasteiger partial charge is 0.0678 e. The minimum Gasteiger partial charge on any atom is -0.0678 e. The third-order valence-corrected chi connectivity index (χ3v) is 1.62. The van der Waals surface area contributed by atoms with Gasteiger partial charge >= 0.3 is 0 Å². The molecule has 3 nitrogen and oxygen atoms in total. The van der Waals surface area contributed by atoms with Gasteiger partial charge in [0.25, 0.3) is 0 Å². The number of azide groups is 1. The van der Waals surface area contributed by atoms with Crippen molar-refractivity contribution in [3.05, 3.63) is 21.7 Å². The van der Waals surface area contributed by atoms with E-state index in [4.69, 9.17) is 5.53 Å². The van der Waals surface area contributed by atoms with E-state index in [2.05, 4.69) is 10.0 Å². The fraction of sp³-hybridized carbons (Fsp3) is 0.667. The Morgan fingerprint density at radius 3 is 2.78 bits per heavy atom. The summed E-state index contributed by atoms with van der Waals surface area (Å²) in [4.78, 5) is 2.74. The first kappa shape index (κ1) is 6.17. The molecule has 0 spiro atoms. The van der Waals surface area contributed by atoms with Crippen LogP contribution in [0.2, 0.25) is 0 Å². The maximum absolute atomic E-state index is 8.07. The highest BCUT2D eigenvalue weighted by Crippen LogP contribution is 2.25. The van der Waals surface area contributed by atoms with Gasteiger partial charge < -0.3 is 0 Å². The van der Waals surface area contributed by atoms with Gasteiger partial charge in [0.05, 0.1) is 0 Å². The number of hydrogen-bond donors (Lipinski definition) is 0. The summed E-state index contributed by atoms with van der Waals surface area (Å²) in [6, 6.07) is 0. The second kappa shape index (κ2) is 2.55. The van der Waals surface area contributed by atoms with E-state index in [9.17, 15) is 0 Å². The molecule has 0 N–H and O–H groups in total. The fourth-order valence-corrected chi connectivity index (χ4v) is 1.07. The Bertz CT molecular complexity index is 186. The van der Waals surface area contributed by atoms with Crippen LogP contribution in [-0.4, -0.2) is 0 Å². The van der Waals surface area contributed by atoms with Crippen LogP contribution in [0.25, 0.3) is 10.4 Å². The van der Waals surface area contributed by atoms with Crippen molar-refractivity contribution in [1.82, 2.24) is 0 Å². The van der Waals surface area contributed by atoms with Crippen LogP contribution in [0.5, 0.6) is 0 Å². The normalized spacial score (nSPS) is 17.9. The molecular weight excluding hydrogens is 114 g/mol. The van der Waals surface area contributed by atoms with Crippen LogP contribution in [0, 0.1) is 0 Å². The lowest BCUT2D eigenvalue weighted by molar-refractivity contribution is 0.887. The summed E-state index contributed by atoms with van der Waals surface area (Å²) in [6.45, 7) is 2.02. The van der Waals surface area contributed by atoms with E-state index in [1.54, 1.807) is 0 Å². The molecule has 0 aromatic carbocycles. The number of rotatable bonds is 1. The van der Waals surface area contributed by atoms with Crippen LogP contribution in [0.4, 0.5) is 0 Å². The summed E-state index contributed by atoms with van der Waals surface area (Å²) in [5.41, 5.74) is 10.3. The molecule has 0 radical (unpaired) electrons. The van der Waals surface area contributed by atoms with Crippen molar-refractivity contribution in [2.24, 2.45) is 5.11 Å². The highest BCUT2D eigenvalue weighted by Gasteiger charge is 2.07. The molecule has 1 aliphatic rings.